The van der Waals surface area contributed by atoms with Gasteiger partial charge < -0.3 is 0 Å². The third kappa shape index (κ3) is 3.12. The van der Waals surface area contributed by atoms with Crippen molar-refractivity contribution in [3.05, 3.63) is 85.1 Å². The Balaban J connectivity index is 1.94. The molecule has 136 valence electrons. The van der Waals surface area contributed by atoms with Crippen molar-refractivity contribution in [1.29, 1.82) is 0 Å². The number of hydrogen-bond acceptors (Lipinski definition) is 4. The second-order valence-corrected chi connectivity index (χ2v) is 7.99. The largest absolute Gasteiger partial charge is 0.291 e. The molecule has 0 bridgehead atoms. The molecule has 27 heavy (non-hydrogen) atoms. The minimum absolute atomic E-state index is 0.00904. The zero-order chi connectivity index (χ0) is 19.1. The molecule has 0 aliphatic rings. The first kappa shape index (κ1) is 18.0. The molecule has 4 rings (SSSR count). The van der Waals surface area contributed by atoms with E-state index in [4.69, 9.17) is 23.8 Å². The molecular weight excluding hydrogens is 405 g/mol. The first-order valence-electron chi connectivity index (χ1n) is 8.08. The Hall–Kier alpha value is -2.35. The van der Waals surface area contributed by atoms with E-state index in [9.17, 15) is 9.18 Å². The molecule has 4 aromatic rings. The summed E-state index contributed by atoms with van der Waals surface area (Å²) in [6.45, 7) is 1.72. The summed E-state index contributed by atoms with van der Waals surface area (Å²) in [5, 5.41) is 0.274. The van der Waals surface area contributed by atoms with E-state index in [1.54, 1.807) is 17.6 Å². The molecule has 0 fully saturated rings. The molecule has 0 spiro atoms. The number of hydrogen-bond donors (Lipinski definition) is 0. The minimum atomic E-state index is -0.455. The molecule has 0 unspecified atom stereocenters. The predicted molar refractivity (Wildman–Crippen MR) is 109 cm³/mol. The molecule has 8 heteroatoms. The van der Waals surface area contributed by atoms with Crippen molar-refractivity contribution in [3.63, 3.8) is 0 Å². The Morgan fingerprint density at radius 2 is 1.93 bits per heavy atom. The van der Waals surface area contributed by atoms with Crippen molar-refractivity contribution in [3.8, 4) is 5.69 Å². The van der Waals surface area contributed by atoms with Crippen molar-refractivity contribution in [2.24, 2.45) is 0 Å². The first-order valence-corrected chi connectivity index (χ1v) is 9.69. The Morgan fingerprint density at radius 1 is 1.19 bits per heavy atom. The zero-order valence-electron chi connectivity index (χ0n) is 14.1. The van der Waals surface area contributed by atoms with E-state index >= 15 is 0 Å². The molecule has 0 radical (unpaired) electrons. The fraction of sp³-hybridized carbons (Fsp3) is 0.105. The number of aryl methyl sites for hydroxylation is 1. The average molecular weight is 418 g/mol. The lowest BCUT2D eigenvalue weighted by molar-refractivity contribution is 0.591. The molecule has 0 atom stereocenters. The average Bonchev–Trinajstić information content (AvgIpc) is 2.97. The van der Waals surface area contributed by atoms with Gasteiger partial charge in [-0.15, -0.1) is 0 Å². The van der Waals surface area contributed by atoms with Gasteiger partial charge in [0.15, 0.2) is 9.60 Å². The SMILES string of the molecule is Cc1nc2c(sc(=S)n2-c2ccccc2)c(=O)n1Cc1c(F)cccc1Cl. The van der Waals surface area contributed by atoms with E-state index in [1.165, 1.54) is 28.0 Å². The van der Waals surface area contributed by atoms with E-state index in [0.29, 0.717) is 20.1 Å². The molecule has 0 aliphatic carbocycles. The number of fused-ring (bicyclic) bond motifs is 1. The molecule has 0 saturated carbocycles. The van der Waals surface area contributed by atoms with Crippen molar-refractivity contribution in [1.82, 2.24) is 14.1 Å². The molecule has 2 aromatic carbocycles. The van der Waals surface area contributed by atoms with Gasteiger partial charge in [0.2, 0.25) is 0 Å². The fourth-order valence-electron chi connectivity index (χ4n) is 2.92. The van der Waals surface area contributed by atoms with Gasteiger partial charge in [-0.25, -0.2) is 9.37 Å². The maximum absolute atomic E-state index is 14.2. The second kappa shape index (κ2) is 6.99. The van der Waals surface area contributed by atoms with E-state index in [0.717, 1.165) is 5.69 Å². The lowest BCUT2D eigenvalue weighted by atomic mass is 10.2. The van der Waals surface area contributed by atoms with E-state index < -0.39 is 5.82 Å². The standard InChI is InChI=1S/C19H13ClFN3OS2/c1-11-22-17-16(27-19(26)24(17)12-6-3-2-4-7-12)18(25)23(11)10-13-14(20)8-5-9-15(13)21/h2-9H,10H2,1H3. The summed E-state index contributed by atoms with van der Waals surface area (Å²) in [4.78, 5) is 17.7. The third-order valence-corrected chi connectivity index (χ3v) is 5.98. The third-order valence-electron chi connectivity index (χ3n) is 4.28. The molecule has 0 amide bonds. The summed E-state index contributed by atoms with van der Waals surface area (Å²) in [5.74, 6) is 0.00712. The number of aromatic nitrogens is 3. The highest BCUT2D eigenvalue weighted by molar-refractivity contribution is 7.73. The Kier molecular flexibility index (Phi) is 4.67. The highest BCUT2D eigenvalue weighted by Gasteiger charge is 2.17. The van der Waals surface area contributed by atoms with Crippen LogP contribution in [-0.2, 0) is 6.54 Å². The highest BCUT2D eigenvalue weighted by atomic mass is 35.5. The van der Waals surface area contributed by atoms with Crippen LogP contribution in [0.2, 0.25) is 5.02 Å². The van der Waals surface area contributed by atoms with Gasteiger partial charge in [0, 0.05) is 16.3 Å². The van der Waals surface area contributed by atoms with Gasteiger partial charge in [-0.2, -0.15) is 0 Å². The molecule has 0 saturated heterocycles. The van der Waals surface area contributed by atoms with Crippen LogP contribution in [0.3, 0.4) is 0 Å². The van der Waals surface area contributed by atoms with Gasteiger partial charge in [-0.3, -0.25) is 13.9 Å². The summed E-state index contributed by atoms with van der Waals surface area (Å²) in [5.41, 5.74) is 1.35. The maximum atomic E-state index is 14.2. The molecular formula is C19H13ClFN3OS2. The summed E-state index contributed by atoms with van der Waals surface area (Å²) in [7, 11) is 0. The van der Waals surface area contributed by atoms with Gasteiger partial charge in [-0.1, -0.05) is 47.2 Å². The van der Waals surface area contributed by atoms with Crippen LogP contribution in [0.5, 0.6) is 0 Å². The number of rotatable bonds is 3. The summed E-state index contributed by atoms with van der Waals surface area (Å²) in [6, 6.07) is 14.0. The lowest BCUT2D eigenvalue weighted by Gasteiger charge is -2.12. The van der Waals surface area contributed by atoms with Gasteiger partial charge in [0.25, 0.3) is 5.56 Å². The Morgan fingerprint density at radius 3 is 2.63 bits per heavy atom. The molecule has 0 N–H and O–H groups in total. The monoisotopic (exact) mass is 417 g/mol. The molecule has 4 nitrogen and oxygen atoms in total. The summed E-state index contributed by atoms with van der Waals surface area (Å²) in [6.07, 6.45) is 0. The number of thiazole rings is 1. The summed E-state index contributed by atoms with van der Waals surface area (Å²) < 4.78 is 18.3. The van der Waals surface area contributed by atoms with Crippen LogP contribution in [0.1, 0.15) is 11.4 Å². The summed E-state index contributed by atoms with van der Waals surface area (Å²) >= 11 is 12.8. The van der Waals surface area contributed by atoms with Crippen LogP contribution < -0.4 is 5.56 Å². The normalized spacial score (nSPS) is 11.2. The van der Waals surface area contributed by atoms with Crippen LogP contribution in [0, 0.1) is 16.7 Å². The van der Waals surface area contributed by atoms with Gasteiger partial charge in [0.1, 0.15) is 16.3 Å². The van der Waals surface area contributed by atoms with E-state index in [-0.39, 0.29) is 22.7 Å². The topological polar surface area (TPSA) is 39.8 Å². The van der Waals surface area contributed by atoms with Crippen molar-refractivity contribution < 1.29 is 4.39 Å². The van der Waals surface area contributed by atoms with E-state index in [1.807, 2.05) is 30.3 Å². The maximum Gasteiger partial charge on any atom is 0.273 e. The van der Waals surface area contributed by atoms with Crippen LogP contribution >= 0.6 is 35.2 Å². The van der Waals surface area contributed by atoms with Gasteiger partial charge >= 0.3 is 0 Å². The van der Waals surface area contributed by atoms with Crippen LogP contribution in [0.25, 0.3) is 16.0 Å². The molecule has 2 heterocycles. The second-order valence-electron chi connectivity index (χ2n) is 5.94. The number of halogens is 2. The number of para-hydroxylation sites is 1. The number of nitrogens with zero attached hydrogens (tertiary/aromatic N) is 3. The molecule has 2 aromatic heterocycles. The van der Waals surface area contributed by atoms with Crippen molar-refractivity contribution in [2.75, 3.05) is 0 Å². The molecule has 0 aliphatic heterocycles. The Bertz CT molecular complexity index is 1260. The highest BCUT2D eigenvalue weighted by Crippen LogP contribution is 2.24. The van der Waals surface area contributed by atoms with E-state index in [2.05, 4.69) is 4.98 Å². The van der Waals surface area contributed by atoms with Gasteiger partial charge in [-0.05, 0) is 43.4 Å². The predicted octanol–water partition coefficient (Wildman–Crippen LogP) is 5.13. The Labute approximate surface area is 168 Å². The smallest absolute Gasteiger partial charge is 0.273 e. The minimum Gasteiger partial charge on any atom is -0.291 e. The van der Waals surface area contributed by atoms with Crippen LogP contribution in [-0.4, -0.2) is 14.1 Å². The zero-order valence-corrected chi connectivity index (χ0v) is 16.5. The van der Waals surface area contributed by atoms with Crippen LogP contribution in [0.4, 0.5) is 4.39 Å². The van der Waals surface area contributed by atoms with Crippen molar-refractivity contribution >= 4 is 45.5 Å². The fourth-order valence-corrected chi connectivity index (χ4v) is 4.47. The quantitative estimate of drug-likeness (QED) is 0.434. The van der Waals surface area contributed by atoms with Gasteiger partial charge in [0.05, 0.1) is 6.54 Å². The van der Waals surface area contributed by atoms with Crippen molar-refractivity contribution in [2.45, 2.75) is 13.5 Å². The first-order chi connectivity index (χ1) is 13.0. The lowest BCUT2D eigenvalue weighted by Crippen LogP contribution is -2.24. The van der Waals surface area contributed by atoms with Crippen LogP contribution in [0.15, 0.2) is 53.3 Å². The number of benzene rings is 2.